The van der Waals surface area contributed by atoms with Crippen LogP contribution in [0.1, 0.15) is 65.6 Å². The first kappa shape index (κ1) is 29.0. The molecule has 5 rings (SSSR count). The zero-order chi connectivity index (χ0) is 28.1. The SMILES string of the molecule is BCc1cc(CB)c(CB)c(C(=O)OC23CC4CC(C2)CC(C(=O)OC(CS(=O)(=O)O)C(F)(F)F)(C4)C3)c1. The fourth-order valence-electron chi connectivity index (χ4n) is 7.35. The van der Waals surface area contributed by atoms with Crippen molar-refractivity contribution in [1.29, 1.82) is 0 Å². The maximum absolute atomic E-state index is 13.6. The standard InChI is InChI=1S/C24H32B3F3O7S/c25-8-13-2-16(9-26)18(10-27)17(3-13)20(31)37-23-6-14-1-15(7-23)5-22(4-14,12-23)21(32)36-19(24(28,29)30)11-38(33,34)35/h2-3,14-15,19H,1,4-12,25-27H2,(H,33,34,35). The van der Waals surface area contributed by atoms with Gasteiger partial charge in [0.1, 0.15) is 34.9 Å². The zero-order valence-corrected chi connectivity index (χ0v) is 22.7. The van der Waals surface area contributed by atoms with Gasteiger partial charge in [0.25, 0.3) is 10.1 Å². The van der Waals surface area contributed by atoms with Crippen molar-refractivity contribution in [1.82, 2.24) is 0 Å². The van der Waals surface area contributed by atoms with Gasteiger partial charge in [-0.05, 0) is 55.6 Å². The third kappa shape index (κ3) is 5.81. The van der Waals surface area contributed by atoms with E-state index in [0.29, 0.717) is 37.6 Å². The lowest BCUT2D eigenvalue weighted by Crippen LogP contribution is -2.60. The molecule has 0 saturated heterocycles. The Labute approximate surface area is 223 Å². The number of rotatable bonds is 9. The first-order chi connectivity index (χ1) is 17.6. The molecular formula is C24H32B3F3O7S. The molecule has 0 heterocycles. The number of carbonyl (C=O) groups is 2. The van der Waals surface area contributed by atoms with E-state index >= 15 is 0 Å². The van der Waals surface area contributed by atoms with Crippen LogP contribution in [0.4, 0.5) is 13.2 Å². The number of alkyl halides is 3. The minimum Gasteiger partial charge on any atom is -0.455 e. The molecule has 3 atom stereocenters. The van der Waals surface area contributed by atoms with Crippen LogP contribution < -0.4 is 0 Å². The van der Waals surface area contributed by atoms with E-state index in [4.69, 9.17) is 14.0 Å². The van der Waals surface area contributed by atoms with Gasteiger partial charge in [-0.15, -0.1) is 0 Å². The number of hydrogen-bond donors (Lipinski definition) is 1. The number of ether oxygens (including phenoxy) is 2. The van der Waals surface area contributed by atoms with E-state index in [2.05, 4.69) is 6.07 Å². The third-order valence-corrected chi connectivity index (χ3v) is 9.21. The van der Waals surface area contributed by atoms with Crippen LogP contribution in [0, 0.1) is 17.3 Å². The van der Waals surface area contributed by atoms with Crippen LogP contribution in [-0.2, 0) is 43.3 Å². The highest BCUT2D eigenvalue weighted by Crippen LogP contribution is 2.63. The molecule has 38 heavy (non-hydrogen) atoms. The maximum atomic E-state index is 13.6. The van der Waals surface area contributed by atoms with Gasteiger partial charge in [0.05, 0.1) is 11.0 Å². The molecule has 0 amide bonds. The summed E-state index contributed by atoms with van der Waals surface area (Å²) in [6.07, 6.45) is -3.57. The van der Waals surface area contributed by atoms with Gasteiger partial charge in [0.15, 0.2) is 0 Å². The molecule has 206 valence electrons. The molecule has 3 unspecified atom stereocenters. The highest BCUT2D eigenvalue weighted by atomic mass is 32.2. The van der Waals surface area contributed by atoms with Gasteiger partial charge in [-0.1, -0.05) is 36.2 Å². The van der Waals surface area contributed by atoms with Gasteiger partial charge in [-0.2, -0.15) is 21.6 Å². The largest absolute Gasteiger partial charge is 0.455 e. The maximum Gasteiger partial charge on any atom is 0.426 e. The van der Waals surface area contributed by atoms with Crippen LogP contribution in [0.3, 0.4) is 0 Å². The van der Waals surface area contributed by atoms with Crippen LogP contribution >= 0.6 is 0 Å². The monoisotopic (exact) mass is 554 g/mol. The van der Waals surface area contributed by atoms with E-state index in [1.54, 1.807) is 0 Å². The molecule has 4 aliphatic rings. The summed E-state index contributed by atoms with van der Waals surface area (Å²) >= 11 is 0. The van der Waals surface area contributed by atoms with Gasteiger partial charge in [0, 0.05) is 6.42 Å². The molecule has 1 aromatic carbocycles. The molecule has 7 nitrogen and oxygen atoms in total. The molecule has 1 aromatic rings. The number of halogens is 3. The van der Waals surface area contributed by atoms with Crippen LogP contribution in [-0.4, -0.2) is 72.1 Å². The second kappa shape index (κ2) is 10.2. The smallest absolute Gasteiger partial charge is 0.426 e. The van der Waals surface area contributed by atoms with Crippen molar-refractivity contribution in [3.05, 3.63) is 34.4 Å². The Morgan fingerprint density at radius 2 is 1.68 bits per heavy atom. The van der Waals surface area contributed by atoms with Crippen LogP contribution in [0.15, 0.2) is 12.1 Å². The molecule has 0 aliphatic heterocycles. The number of hydrogen-bond acceptors (Lipinski definition) is 6. The normalized spacial score (nSPS) is 29.2. The summed E-state index contributed by atoms with van der Waals surface area (Å²) in [7, 11) is 0.939. The Balaban J connectivity index is 1.62. The van der Waals surface area contributed by atoms with Crippen LogP contribution in [0.25, 0.3) is 0 Å². The van der Waals surface area contributed by atoms with Gasteiger partial charge in [0.2, 0.25) is 6.10 Å². The molecule has 1 N–H and O–H groups in total. The number of esters is 2. The molecular weight excluding hydrogens is 522 g/mol. The van der Waals surface area contributed by atoms with Crippen molar-refractivity contribution < 1.29 is 45.2 Å². The average Bonchev–Trinajstić information content (AvgIpc) is 2.79. The molecule has 14 heteroatoms. The molecule has 4 bridgehead atoms. The molecule has 0 spiro atoms. The van der Waals surface area contributed by atoms with Gasteiger partial charge >= 0.3 is 18.1 Å². The van der Waals surface area contributed by atoms with Crippen LogP contribution in [0.5, 0.6) is 0 Å². The zero-order valence-electron chi connectivity index (χ0n) is 21.9. The predicted molar refractivity (Wildman–Crippen MR) is 141 cm³/mol. The first-order valence-electron chi connectivity index (χ1n) is 13.2. The van der Waals surface area contributed by atoms with Crippen molar-refractivity contribution in [2.45, 2.75) is 75.4 Å². The molecule has 4 aliphatic carbocycles. The van der Waals surface area contributed by atoms with Gasteiger partial charge in [-0.25, -0.2) is 4.79 Å². The Morgan fingerprint density at radius 3 is 2.18 bits per heavy atom. The summed E-state index contributed by atoms with van der Waals surface area (Å²) in [6, 6.07) is 3.93. The van der Waals surface area contributed by atoms with Crippen molar-refractivity contribution in [2.24, 2.45) is 17.3 Å². The van der Waals surface area contributed by atoms with Crippen LogP contribution in [0.2, 0.25) is 0 Å². The highest BCUT2D eigenvalue weighted by molar-refractivity contribution is 7.85. The summed E-state index contributed by atoms with van der Waals surface area (Å²) in [4.78, 5) is 26.9. The molecule has 0 aromatic heterocycles. The summed E-state index contributed by atoms with van der Waals surface area (Å²) in [5, 5.41) is 0. The van der Waals surface area contributed by atoms with E-state index in [9.17, 15) is 31.2 Å². The lowest BCUT2D eigenvalue weighted by Gasteiger charge is -2.59. The predicted octanol–water partition coefficient (Wildman–Crippen LogP) is 0.944. The fraction of sp³-hybridized carbons (Fsp3) is 0.667. The summed E-state index contributed by atoms with van der Waals surface area (Å²) in [5.74, 6) is -3.45. The lowest BCUT2D eigenvalue weighted by molar-refractivity contribution is -0.234. The second-order valence-corrected chi connectivity index (χ2v) is 12.8. The van der Waals surface area contributed by atoms with E-state index in [-0.39, 0.29) is 18.3 Å². The van der Waals surface area contributed by atoms with Crippen molar-refractivity contribution in [2.75, 3.05) is 5.75 Å². The minimum absolute atomic E-state index is 0.0265. The number of carbonyl (C=O) groups excluding carboxylic acids is 2. The van der Waals surface area contributed by atoms with E-state index in [1.807, 2.05) is 29.6 Å². The number of benzene rings is 1. The fourth-order valence-corrected chi connectivity index (χ4v) is 7.99. The molecule has 4 saturated carbocycles. The van der Waals surface area contributed by atoms with E-state index in [0.717, 1.165) is 35.8 Å². The Bertz CT molecular complexity index is 1210. The summed E-state index contributed by atoms with van der Waals surface area (Å²) in [5.41, 5.74) is 1.17. The summed E-state index contributed by atoms with van der Waals surface area (Å²) < 4.78 is 82.8. The topological polar surface area (TPSA) is 107 Å². The second-order valence-electron chi connectivity index (χ2n) is 11.3. The van der Waals surface area contributed by atoms with Gasteiger partial charge in [-0.3, -0.25) is 9.35 Å². The Kier molecular flexibility index (Phi) is 7.82. The van der Waals surface area contributed by atoms with Crippen molar-refractivity contribution in [3.8, 4) is 0 Å². The quantitative estimate of drug-likeness (QED) is 0.276. The van der Waals surface area contributed by atoms with E-state index in [1.165, 1.54) is 0 Å². The average molecular weight is 554 g/mol. The molecule has 4 fully saturated rings. The highest BCUT2D eigenvalue weighted by Gasteiger charge is 2.64. The first-order valence-corrected chi connectivity index (χ1v) is 14.8. The Morgan fingerprint density at radius 1 is 1.05 bits per heavy atom. The van der Waals surface area contributed by atoms with Gasteiger partial charge < -0.3 is 9.47 Å². The third-order valence-electron chi connectivity index (χ3n) is 8.49. The minimum atomic E-state index is -5.17. The van der Waals surface area contributed by atoms with Crippen molar-refractivity contribution >= 4 is 45.6 Å². The lowest BCUT2D eigenvalue weighted by atomic mass is 9.48. The van der Waals surface area contributed by atoms with Crippen molar-refractivity contribution in [3.63, 3.8) is 0 Å². The Hall–Kier alpha value is -1.95. The molecule has 0 radical (unpaired) electrons. The summed E-state index contributed by atoms with van der Waals surface area (Å²) in [6.45, 7) is 0. The van der Waals surface area contributed by atoms with E-state index < -0.39 is 51.1 Å².